The summed E-state index contributed by atoms with van der Waals surface area (Å²) in [4.78, 5) is 33.7. The first-order valence-electron chi connectivity index (χ1n) is 6.34. The second kappa shape index (κ2) is 7.28. The molecule has 0 spiro atoms. The number of carbonyl (C=O) groups is 3. The van der Waals surface area contributed by atoms with E-state index in [-0.39, 0.29) is 23.9 Å². The summed E-state index contributed by atoms with van der Waals surface area (Å²) in [5.41, 5.74) is 1.26. The fraction of sp³-hybridized carbons (Fsp3) is 0.357. The minimum atomic E-state index is -1.01. The Kier molecular flexibility index (Phi) is 5.71. The largest absolute Gasteiger partial charge is 0.478 e. The highest BCUT2D eigenvalue weighted by molar-refractivity contribution is 5.95. The van der Waals surface area contributed by atoms with Gasteiger partial charge < -0.3 is 15.7 Å². The molecule has 20 heavy (non-hydrogen) atoms. The molecule has 1 rings (SSSR count). The lowest BCUT2D eigenvalue weighted by molar-refractivity contribution is -0.124. The number of hydrogen-bond acceptors (Lipinski definition) is 3. The molecule has 108 valence electrons. The second-order valence-electron chi connectivity index (χ2n) is 4.41. The van der Waals surface area contributed by atoms with Crippen LogP contribution in [0.5, 0.6) is 0 Å². The number of nitrogens with one attached hydrogen (secondary N) is 2. The molecule has 2 amide bonds. The van der Waals surface area contributed by atoms with E-state index >= 15 is 0 Å². The molecule has 0 aliphatic heterocycles. The van der Waals surface area contributed by atoms with Crippen LogP contribution in [0.25, 0.3) is 0 Å². The monoisotopic (exact) mass is 278 g/mol. The summed E-state index contributed by atoms with van der Waals surface area (Å²) in [7, 11) is 0. The Hall–Kier alpha value is -2.37. The molecule has 1 aromatic rings. The molecule has 6 heteroatoms. The number of anilines is 1. The molecule has 3 N–H and O–H groups in total. The van der Waals surface area contributed by atoms with E-state index in [9.17, 15) is 14.4 Å². The van der Waals surface area contributed by atoms with Crippen LogP contribution in [0.3, 0.4) is 0 Å². The summed E-state index contributed by atoms with van der Waals surface area (Å²) in [6.07, 6.45) is 1.11. The molecular weight excluding hydrogens is 260 g/mol. The van der Waals surface area contributed by atoms with Crippen LogP contribution in [-0.2, 0) is 9.59 Å². The average molecular weight is 278 g/mol. The lowest BCUT2D eigenvalue weighted by Gasteiger charge is -2.08. The van der Waals surface area contributed by atoms with Gasteiger partial charge in [-0.05, 0) is 37.1 Å². The molecule has 0 fully saturated rings. The van der Waals surface area contributed by atoms with E-state index in [2.05, 4.69) is 10.6 Å². The van der Waals surface area contributed by atoms with Gasteiger partial charge in [0.2, 0.25) is 11.8 Å². The topological polar surface area (TPSA) is 95.5 Å². The smallest absolute Gasteiger partial charge is 0.335 e. The number of hydrogen-bond donors (Lipinski definition) is 3. The van der Waals surface area contributed by atoms with E-state index in [1.807, 2.05) is 6.92 Å². The third-order valence-corrected chi connectivity index (χ3v) is 2.66. The molecule has 0 unspecified atom stereocenters. The van der Waals surface area contributed by atoms with Gasteiger partial charge in [-0.3, -0.25) is 9.59 Å². The van der Waals surface area contributed by atoms with E-state index in [4.69, 9.17) is 5.11 Å². The van der Waals surface area contributed by atoms with Crippen LogP contribution in [0.2, 0.25) is 0 Å². The minimum Gasteiger partial charge on any atom is -0.478 e. The van der Waals surface area contributed by atoms with Gasteiger partial charge >= 0.3 is 5.97 Å². The predicted octanol–water partition coefficient (Wildman–Crippen LogP) is 1.55. The number of carbonyl (C=O) groups excluding carboxylic acids is 2. The number of rotatable bonds is 6. The average Bonchev–Trinajstić information content (AvgIpc) is 2.36. The van der Waals surface area contributed by atoms with E-state index in [1.165, 1.54) is 12.1 Å². The van der Waals surface area contributed by atoms with Gasteiger partial charge in [0.15, 0.2) is 0 Å². The number of amides is 2. The summed E-state index contributed by atoms with van der Waals surface area (Å²) in [5, 5.41) is 14.0. The van der Waals surface area contributed by atoms with E-state index < -0.39 is 5.97 Å². The Bertz CT molecular complexity index is 526. The molecule has 0 radical (unpaired) electrons. The zero-order chi connectivity index (χ0) is 15.1. The summed E-state index contributed by atoms with van der Waals surface area (Å²) in [6.45, 7) is 3.44. The highest BCUT2D eigenvalue weighted by Crippen LogP contribution is 2.15. The fourth-order valence-electron chi connectivity index (χ4n) is 1.68. The molecular formula is C14H18N2O4. The van der Waals surface area contributed by atoms with Gasteiger partial charge in [-0.15, -0.1) is 0 Å². The van der Waals surface area contributed by atoms with Crippen molar-refractivity contribution in [3.05, 3.63) is 29.3 Å². The molecule has 0 aromatic heterocycles. The number of carboxylic acids is 1. The van der Waals surface area contributed by atoms with Crippen molar-refractivity contribution >= 4 is 23.5 Å². The van der Waals surface area contributed by atoms with Gasteiger partial charge in [0.05, 0.1) is 12.1 Å². The standard InChI is InChI=1S/C14H18N2O4/c1-3-4-12(17)15-8-13(18)16-10-5-6-11(14(19)20)9(2)7-10/h5-7H,3-4,8H2,1-2H3,(H,15,17)(H,16,18)(H,19,20). The maximum atomic E-state index is 11.6. The van der Waals surface area contributed by atoms with Crippen LogP contribution in [0.4, 0.5) is 5.69 Å². The third kappa shape index (κ3) is 4.72. The summed E-state index contributed by atoms with van der Waals surface area (Å²) in [5.74, 6) is -1.52. The van der Waals surface area contributed by atoms with Crippen molar-refractivity contribution < 1.29 is 19.5 Å². The predicted molar refractivity (Wildman–Crippen MR) is 74.7 cm³/mol. The maximum absolute atomic E-state index is 11.6. The van der Waals surface area contributed by atoms with Gasteiger partial charge in [-0.25, -0.2) is 4.79 Å². The first kappa shape index (κ1) is 15.7. The Balaban J connectivity index is 2.56. The molecule has 0 aliphatic carbocycles. The van der Waals surface area contributed by atoms with Gasteiger partial charge in [-0.2, -0.15) is 0 Å². The van der Waals surface area contributed by atoms with Crippen molar-refractivity contribution in [2.75, 3.05) is 11.9 Å². The van der Waals surface area contributed by atoms with Crippen LogP contribution < -0.4 is 10.6 Å². The quantitative estimate of drug-likeness (QED) is 0.735. The lowest BCUT2D eigenvalue weighted by Crippen LogP contribution is -2.32. The fourth-order valence-corrected chi connectivity index (χ4v) is 1.68. The first-order valence-corrected chi connectivity index (χ1v) is 6.34. The second-order valence-corrected chi connectivity index (χ2v) is 4.41. The highest BCUT2D eigenvalue weighted by atomic mass is 16.4. The van der Waals surface area contributed by atoms with Gasteiger partial charge in [-0.1, -0.05) is 6.92 Å². The SMILES string of the molecule is CCCC(=O)NCC(=O)Nc1ccc(C(=O)O)c(C)c1. The molecule has 0 heterocycles. The number of benzene rings is 1. The lowest BCUT2D eigenvalue weighted by atomic mass is 10.1. The molecule has 0 aliphatic rings. The molecule has 0 atom stereocenters. The van der Waals surface area contributed by atoms with Crippen molar-refractivity contribution in [1.29, 1.82) is 0 Å². The van der Waals surface area contributed by atoms with Gasteiger partial charge in [0, 0.05) is 12.1 Å². The highest BCUT2D eigenvalue weighted by Gasteiger charge is 2.09. The Morgan fingerprint density at radius 2 is 1.90 bits per heavy atom. The van der Waals surface area contributed by atoms with E-state index in [0.29, 0.717) is 17.7 Å². The van der Waals surface area contributed by atoms with E-state index in [0.717, 1.165) is 6.42 Å². The zero-order valence-corrected chi connectivity index (χ0v) is 11.5. The van der Waals surface area contributed by atoms with Gasteiger partial charge in [0.25, 0.3) is 0 Å². The van der Waals surface area contributed by atoms with Crippen LogP contribution >= 0.6 is 0 Å². The normalized spacial score (nSPS) is 9.90. The Morgan fingerprint density at radius 1 is 1.20 bits per heavy atom. The molecule has 0 saturated heterocycles. The summed E-state index contributed by atoms with van der Waals surface area (Å²) >= 11 is 0. The van der Waals surface area contributed by atoms with Crippen LogP contribution in [-0.4, -0.2) is 29.4 Å². The van der Waals surface area contributed by atoms with Crippen LogP contribution in [0, 0.1) is 6.92 Å². The zero-order valence-electron chi connectivity index (χ0n) is 11.5. The molecule has 0 bridgehead atoms. The maximum Gasteiger partial charge on any atom is 0.335 e. The van der Waals surface area contributed by atoms with Crippen molar-refractivity contribution in [2.45, 2.75) is 26.7 Å². The molecule has 1 aromatic carbocycles. The molecule has 0 saturated carbocycles. The number of aromatic carboxylic acids is 1. The van der Waals surface area contributed by atoms with Crippen LogP contribution in [0.15, 0.2) is 18.2 Å². The summed E-state index contributed by atoms with van der Waals surface area (Å²) in [6, 6.07) is 4.53. The molecule has 6 nitrogen and oxygen atoms in total. The summed E-state index contributed by atoms with van der Waals surface area (Å²) < 4.78 is 0. The number of aryl methyl sites for hydroxylation is 1. The van der Waals surface area contributed by atoms with Crippen molar-refractivity contribution in [3.8, 4) is 0 Å². The van der Waals surface area contributed by atoms with Crippen molar-refractivity contribution in [3.63, 3.8) is 0 Å². The third-order valence-electron chi connectivity index (χ3n) is 2.66. The van der Waals surface area contributed by atoms with Crippen LogP contribution in [0.1, 0.15) is 35.7 Å². The first-order chi connectivity index (χ1) is 9.43. The minimum absolute atomic E-state index is 0.0986. The Morgan fingerprint density at radius 3 is 2.45 bits per heavy atom. The van der Waals surface area contributed by atoms with Gasteiger partial charge in [0.1, 0.15) is 0 Å². The Labute approximate surface area is 117 Å². The van der Waals surface area contributed by atoms with Crippen molar-refractivity contribution in [1.82, 2.24) is 5.32 Å². The van der Waals surface area contributed by atoms with Crippen molar-refractivity contribution in [2.24, 2.45) is 0 Å². The number of carboxylic acid groups (broad SMARTS) is 1. The van der Waals surface area contributed by atoms with E-state index in [1.54, 1.807) is 13.0 Å².